The number of aromatic nitrogens is 2. The van der Waals surface area contributed by atoms with Gasteiger partial charge in [0.05, 0.1) is 11.9 Å². The quantitative estimate of drug-likeness (QED) is 0.717. The minimum atomic E-state index is 0.110. The molecule has 0 radical (unpaired) electrons. The first kappa shape index (κ1) is 17.0. The Morgan fingerprint density at radius 3 is 2.77 bits per heavy atom. The van der Waals surface area contributed by atoms with Crippen molar-refractivity contribution in [2.45, 2.75) is 45.6 Å². The summed E-state index contributed by atoms with van der Waals surface area (Å²) in [6, 6.07) is 0. The van der Waals surface area contributed by atoms with Crippen LogP contribution in [0.3, 0.4) is 0 Å². The molecule has 2 heterocycles. The third-order valence-electron chi connectivity index (χ3n) is 4.32. The summed E-state index contributed by atoms with van der Waals surface area (Å²) in [6.45, 7) is 6.19. The van der Waals surface area contributed by atoms with E-state index in [1.807, 2.05) is 17.8 Å². The number of nitrogens with zero attached hydrogens (tertiary/aromatic N) is 3. The molecule has 1 aliphatic rings. The Kier molecular flexibility index (Phi) is 6.86. The van der Waals surface area contributed by atoms with E-state index >= 15 is 0 Å². The van der Waals surface area contributed by atoms with Gasteiger partial charge in [0.1, 0.15) is 0 Å². The highest BCUT2D eigenvalue weighted by Gasteiger charge is 2.24. The molecule has 2 rings (SSSR count). The number of unbranched alkanes of at least 4 members (excludes halogenated alkanes) is 2. The maximum atomic E-state index is 12.3. The normalized spacial score (nSPS) is 16.8. The summed E-state index contributed by atoms with van der Waals surface area (Å²) in [5.41, 5.74) is 0.790. The third kappa shape index (κ3) is 5.10. The highest BCUT2D eigenvalue weighted by molar-refractivity contribution is 5.92. The fraction of sp³-hybridized carbons (Fsp3) is 0.750. The van der Waals surface area contributed by atoms with Gasteiger partial charge < -0.3 is 15.3 Å². The molecule has 1 amide bonds. The fourth-order valence-corrected chi connectivity index (χ4v) is 2.89. The van der Waals surface area contributed by atoms with E-state index in [9.17, 15) is 4.79 Å². The minimum Gasteiger partial charge on any atom is -0.396 e. The van der Waals surface area contributed by atoms with E-state index in [4.69, 9.17) is 5.11 Å². The number of rotatable bonds is 8. The second kappa shape index (κ2) is 8.90. The van der Waals surface area contributed by atoms with E-state index < -0.39 is 0 Å². The van der Waals surface area contributed by atoms with Crippen molar-refractivity contribution in [3.8, 4) is 0 Å². The first-order valence-electron chi connectivity index (χ1n) is 8.39. The van der Waals surface area contributed by atoms with E-state index in [0.29, 0.717) is 0 Å². The second-order valence-electron chi connectivity index (χ2n) is 5.97. The lowest BCUT2D eigenvalue weighted by Crippen LogP contribution is -2.38. The molecule has 0 unspecified atom stereocenters. The Labute approximate surface area is 132 Å². The molecule has 1 aliphatic heterocycles. The number of anilines is 1. The molecule has 0 saturated carbocycles. The van der Waals surface area contributed by atoms with E-state index in [2.05, 4.69) is 15.3 Å². The van der Waals surface area contributed by atoms with Gasteiger partial charge in [0.25, 0.3) is 0 Å². The van der Waals surface area contributed by atoms with Gasteiger partial charge in [-0.15, -0.1) is 0 Å². The summed E-state index contributed by atoms with van der Waals surface area (Å²) < 4.78 is 1.81. The summed E-state index contributed by atoms with van der Waals surface area (Å²) >= 11 is 0. The molecule has 6 nitrogen and oxygen atoms in total. The summed E-state index contributed by atoms with van der Waals surface area (Å²) in [7, 11) is 0. The molecular formula is C16H28N4O2. The van der Waals surface area contributed by atoms with E-state index in [-0.39, 0.29) is 18.4 Å². The second-order valence-corrected chi connectivity index (χ2v) is 5.97. The van der Waals surface area contributed by atoms with Crippen LogP contribution in [0.5, 0.6) is 0 Å². The van der Waals surface area contributed by atoms with E-state index in [1.165, 1.54) is 0 Å². The number of hydrogen-bond acceptors (Lipinski definition) is 4. The lowest BCUT2D eigenvalue weighted by Gasteiger charge is -2.31. The summed E-state index contributed by atoms with van der Waals surface area (Å²) in [6.07, 6.45) is 8.53. The van der Waals surface area contributed by atoms with Crippen molar-refractivity contribution >= 4 is 11.6 Å². The first-order valence-corrected chi connectivity index (χ1v) is 8.39. The van der Waals surface area contributed by atoms with Crippen LogP contribution in [0, 0.1) is 5.92 Å². The van der Waals surface area contributed by atoms with Gasteiger partial charge >= 0.3 is 0 Å². The van der Waals surface area contributed by atoms with Crippen LogP contribution >= 0.6 is 0 Å². The molecule has 1 fully saturated rings. The number of aryl methyl sites for hydroxylation is 1. The number of carbonyl (C=O) groups excluding carboxylic acids is 1. The predicted molar refractivity (Wildman–Crippen MR) is 86.6 cm³/mol. The molecule has 0 spiro atoms. The zero-order valence-corrected chi connectivity index (χ0v) is 13.5. The molecule has 0 aliphatic carbocycles. The van der Waals surface area contributed by atoms with Crippen molar-refractivity contribution in [3.63, 3.8) is 0 Å². The summed E-state index contributed by atoms with van der Waals surface area (Å²) in [5, 5.41) is 15.9. The molecular weight excluding hydrogens is 280 g/mol. The van der Waals surface area contributed by atoms with Gasteiger partial charge in [-0.05, 0) is 58.7 Å². The smallest absolute Gasteiger partial charge is 0.227 e. The molecule has 1 saturated heterocycles. The van der Waals surface area contributed by atoms with Crippen molar-refractivity contribution in [2.24, 2.45) is 5.92 Å². The molecule has 0 bridgehead atoms. The number of aliphatic hydroxyl groups excluding tert-OH is 1. The highest BCUT2D eigenvalue weighted by atomic mass is 16.2. The molecule has 0 atom stereocenters. The first-order chi connectivity index (χ1) is 10.7. The molecule has 0 aromatic carbocycles. The summed E-state index contributed by atoms with van der Waals surface area (Å²) in [5.74, 6) is 0.231. The van der Waals surface area contributed by atoms with Crippen LogP contribution in [0.1, 0.15) is 39.0 Å². The molecule has 6 heteroatoms. The Balaban J connectivity index is 1.68. The number of amides is 1. The van der Waals surface area contributed by atoms with Crippen LogP contribution in [0.2, 0.25) is 0 Å². The zero-order valence-electron chi connectivity index (χ0n) is 13.5. The van der Waals surface area contributed by atoms with Gasteiger partial charge in [-0.1, -0.05) is 0 Å². The van der Waals surface area contributed by atoms with E-state index in [0.717, 1.165) is 64.0 Å². The largest absolute Gasteiger partial charge is 0.396 e. The Bertz CT molecular complexity index is 453. The Hall–Kier alpha value is -1.40. The van der Waals surface area contributed by atoms with Crippen molar-refractivity contribution in [1.82, 2.24) is 14.7 Å². The van der Waals surface area contributed by atoms with Gasteiger partial charge in [-0.3, -0.25) is 9.48 Å². The van der Waals surface area contributed by atoms with Gasteiger partial charge in [0, 0.05) is 25.3 Å². The lowest BCUT2D eigenvalue weighted by atomic mass is 9.95. The minimum absolute atomic E-state index is 0.110. The van der Waals surface area contributed by atoms with Crippen molar-refractivity contribution in [3.05, 3.63) is 12.4 Å². The van der Waals surface area contributed by atoms with Gasteiger partial charge in [0.15, 0.2) is 0 Å². The van der Waals surface area contributed by atoms with Crippen LogP contribution in [0.15, 0.2) is 12.4 Å². The molecule has 124 valence electrons. The summed E-state index contributed by atoms with van der Waals surface area (Å²) in [4.78, 5) is 14.7. The molecule has 22 heavy (non-hydrogen) atoms. The van der Waals surface area contributed by atoms with Crippen molar-refractivity contribution in [2.75, 3.05) is 31.6 Å². The van der Waals surface area contributed by atoms with Crippen LogP contribution in [0.4, 0.5) is 5.69 Å². The number of carbonyl (C=O) groups is 1. The van der Waals surface area contributed by atoms with E-state index in [1.54, 1.807) is 6.20 Å². The molecule has 1 aromatic rings. The number of likely N-dealkylation sites (tertiary alicyclic amines) is 1. The van der Waals surface area contributed by atoms with Gasteiger partial charge in [-0.25, -0.2) is 0 Å². The van der Waals surface area contributed by atoms with Crippen molar-refractivity contribution < 1.29 is 9.90 Å². The highest BCUT2D eigenvalue weighted by Crippen LogP contribution is 2.19. The standard InChI is InChI=1S/C16H28N4O2/c1-2-20-13-15(12-17-20)18-16(22)14-6-9-19(10-7-14)8-4-3-5-11-21/h12-14,21H,2-11H2,1H3,(H,18,22). The number of aliphatic hydroxyl groups is 1. The van der Waals surface area contributed by atoms with Crippen LogP contribution < -0.4 is 5.32 Å². The van der Waals surface area contributed by atoms with Crippen molar-refractivity contribution in [1.29, 1.82) is 0 Å². The molecule has 1 aromatic heterocycles. The Morgan fingerprint density at radius 1 is 1.36 bits per heavy atom. The fourth-order valence-electron chi connectivity index (χ4n) is 2.89. The average Bonchev–Trinajstić information content (AvgIpc) is 3.00. The zero-order chi connectivity index (χ0) is 15.8. The third-order valence-corrected chi connectivity index (χ3v) is 4.32. The van der Waals surface area contributed by atoms with Crippen LogP contribution in [0.25, 0.3) is 0 Å². The van der Waals surface area contributed by atoms with Gasteiger partial charge in [0.2, 0.25) is 5.91 Å². The SMILES string of the molecule is CCn1cc(NC(=O)C2CCN(CCCCCO)CC2)cn1. The number of hydrogen-bond donors (Lipinski definition) is 2. The van der Waals surface area contributed by atoms with Crippen LogP contribution in [-0.2, 0) is 11.3 Å². The maximum Gasteiger partial charge on any atom is 0.227 e. The number of nitrogens with one attached hydrogen (secondary N) is 1. The molecule has 2 N–H and O–H groups in total. The van der Waals surface area contributed by atoms with Gasteiger partial charge in [-0.2, -0.15) is 5.10 Å². The Morgan fingerprint density at radius 2 is 2.14 bits per heavy atom. The topological polar surface area (TPSA) is 70.4 Å². The predicted octanol–water partition coefficient (Wildman–Crippen LogP) is 1.72. The monoisotopic (exact) mass is 308 g/mol. The maximum absolute atomic E-state index is 12.3. The van der Waals surface area contributed by atoms with Crippen LogP contribution in [-0.4, -0.2) is 51.9 Å². The average molecular weight is 308 g/mol. The number of piperidine rings is 1. The lowest BCUT2D eigenvalue weighted by molar-refractivity contribution is -0.121.